The minimum atomic E-state index is -0.821. The van der Waals surface area contributed by atoms with Crippen molar-refractivity contribution in [2.75, 3.05) is 5.73 Å². The summed E-state index contributed by atoms with van der Waals surface area (Å²) in [4.78, 5) is 0.958. The van der Waals surface area contributed by atoms with Gasteiger partial charge in [-0.15, -0.1) is 11.8 Å². The van der Waals surface area contributed by atoms with Gasteiger partial charge in [0.2, 0.25) is 0 Å². The van der Waals surface area contributed by atoms with Gasteiger partial charge in [-0.1, -0.05) is 18.2 Å². The van der Waals surface area contributed by atoms with Crippen LogP contribution in [-0.4, -0.2) is 0 Å². The monoisotopic (exact) mass is 265 g/mol. The van der Waals surface area contributed by atoms with Gasteiger partial charge in [-0.25, -0.2) is 8.78 Å². The molecular formula is C14H13F2NS. The van der Waals surface area contributed by atoms with Crippen molar-refractivity contribution in [3.05, 3.63) is 59.2 Å². The van der Waals surface area contributed by atoms with E-state index in [4.69, 9.17) is 5.73 Å². The van der Waals surface area contributed by atoms with Gasteiger partial charge in [-0.2, -0.15) is 0 Å². The van der Waals surface area contributed by atoms with E-state index in [1.807, 2.05) is 25.1 Å². The van der Waals surface area contributed by atoms with Crippen LogP contribution in [0.25, 0.3) is 0 Å². The zero-order valence-corrected chi connectivity index (χ0v) is 10.7. The third kappa shape index (κ3) is 2.82. The normalized spacial score (nSPS) is 10.6. The highest BCUT2D eigenvalue weighted by molar-refractivity contribution is 7.98. The third-order valence-corrected chi connectivity index (χ3v) is 3.81. The maximum Gasteiger partial charge on any atom is 0.159 e. The van der Waals surface area contributed by atoms with Gasteiger partial charge in [0.05, 0.1) is 0 Å². The zero-order valence-electron chi connectivity index (χ0n) is 9.91. The summed E-state index contributed by atoms with van der Waals surface area (Å²) in [6, 6.07) is 9.74. The highest BCUT2D eigenvalue weighted by atomic mass is 32.2. The predicted molar refractivity (Wildman–Crippen MR) is 71.5 cm³/mol. The summed E-state index contributed by atoms with van der Waals surface area (Å²) in [5.41, 5.74) is 8.44. The number of hydrogen-bond donors (Lipinski definition) is 1. The smallest absolute Gasteiger partial charge is 0.159 e. The Labute approximate surface area is 109 Å². The number of halogens is 2. The molecule has 2 aromatic rings. The van der Waals surface area contributed by atoms with E-state index in [1.165, 1.54) is 17.8 Å². The van der Waals surface area contributed by atoms with E-state index >= 15 is 0 Å². The summed E-state index contributed by atoms with van der Waals surface area (Å²) < 4.78 is 25.8. The highest BCUT2D eigenvalue weighted by Crippen LogP contribution is 2.30. The summed E-state index contributed by atoms with van der Waals surface area (Å²) in [5, 5.41) is 0. The first-order valence-corrected chi connectivity index (χ1v) is 6.48. The summed E-state index contributed by atoms with van der Waals surface area (Å²) in [7, 11) is 0. The Morgan fingerprint density at radius 2 is 1.89 bits per heavy atom. The van der Waals surface area contributed by atoms with Gasteiger partial charge in [-0.05, 0) is 36.2 Å². The van der Waals surface area contributed by atoms with Gasteiger partial charge >= 0.3 is 0 Å². The second-order valence-electron chi connectivity index (χ2n) is 4.02. The SMILES string of the molecule is Cc1cccc(SCc2ccc(F)c(F)c2)c1N. The van der Waals surface area contributed by atoms with Crippen LogP contribution in [0.3, 0.4) is 0 Å². The Hall–Kier alpha value is -1.55. The molecule has 0 spiro atoms. The van der Waals surface area contributed by atoms with Crippen molar-refractivity contribution in [1.82, 2.24) is 0 Å². The maximum atomic E-state index is 13.0. The fourth-order valence-electron chi connectivity index (χ4n) is 1.57. The number of rotatable bonds is 3. The largest absolute Gasteiger partial charge is 0.398 e. The van der Waals surface area contributed by atoms with E-state index in [1.54, 1.807) is 6.07 Å². The Balaban J connectivity index is 2.11. The van der Waals surface area contributed by atoms with Crippen molar-refractivity contribution >= 4 is 17.4 Å². The summed E-state index contributed by atoms with van der Waals surface area (Å²) in [6.07, 6.45) is 0. The van der Waals surface area contributed by atoms with Crippen molar-refractivity contribution in [3.8, 4) is 0 Å². The van der Waals surface area contributed by atoms with Crippen LogP contribution in [0.15, 0.2) is 41.3 Å². The van der Waals surface area contributed by atoms with E-state index in [-0.39, 0.29) is 0 Å². The first-order valence-electron chi connectivity index (χ1n) is 5.50. The van der Waals surface area contributed by atoms with Gasteiger partial charge in [0, 0.05) is 16.3 Å². The van der Waals surface area contributed by atoms with Gasteiger partial charge in [-0.3, -0.25) is 0 Å². The van der Waals surface area contributed by atoms with Crippen molar-refractivity contribution in [1.29, 1.82) is 0 Å². The minimum Gasteiger partial charge on any atom is -0.398 e. The fourth-order valence-corrected chi connectivity index (χ4v) is 2.56. The Morgan fingerprint density at radius 3 is 2.61 bits per heavy atom. The molecule has 0 bridgehead atoms. The molecule has 0 aromatic heterocycles. The summed E-state index contributed by atoms with van der Waals surface area (Å²) in [6.45, 7) is 1.94. The number of nitrogens with two attached hydrogens (primary N) is 1. The summed E-state index contributed by atoms with van der Waals surface area (Å²) >= 11 is 1.51. The van der Waals surface area contributed by atoms with Crippen LogP contribution in [0.2, 0.25) is 0 Å². The Morgan fingerprint density at radius 1 is 1.11 bits per heavy atom. The molecule has 2 rings (SSSR count). The molecule has 0 aliphatic heterocycles. The number of anilines is 1. The molecule has 0 aliphatic rings. The van der Waals surface area contributed by atoms with Crippen LogP contribution in [0.1, 0.15) is 11.1 Å². The molecule has 94 valence electrons. The van der Waals surface area contributed by atoms with Crippen molar-refractivity contribution in [2.24, 2.45) is 0 Å². The quantitative estimate of drug-likeness (QED) is 0.666. The summed E-state index contributed by atoms with van der Waals surface area (Å²) in [5.74, 6) is -1.07. The molecular weight excluding hydrogens is 252 g/mol. The van der Waals surface area contributed by atoms with Crippen molar-refractivity contribution in [3.63, 3.8) is 0 Å². The Bertz CT molecular complexity index is 570. The van der Waals surface area contributed by atoms with Crippen molar-refractivity contribution in [2.45, 2.75) is 17.6 Å². The first-order chi connectivity index (χ1) is 8.58. The lowest BCUT2D eigenvalue weighted by Gasteiger charge is -2.08. The number of nitrogen functional groups attached to an aromatic ring is 1. The van der Waals surface area contributed by atoms with Crippen LogP contribution < -0.4 is 5.73 Å². The molecule has 0 unspecified atom stereocenters. The zero-order chi connectivity index (χ0) is 13.1. The molecule has 2 aromatic carbocycles. The number of hydrogen-bond acceptors (Lipinski definition) is 2. The molecule has 1 nitrogen and oxygen atoms in total. The molecule has 2 N–H and O–H groups in total. The van der Waals surface area contributed by atoms with Crippen LogP contribution in [-0.2, 0) is 5.75 Å². The van der Waals surface area contributed by atoms with Gasteiger partial charge in [0.25, 0.3) is 0 Å². The van der Waals surface area contributed by atoms with E-state index in [0.717, 1.165) is 27.8 Å². The average Bonchev–Trinajstić information content (AvgIpc) is 2.35. The molecule has 18 heavy (non-hydrogen) atoms. The molecule has 4 heteroatoms. The second kappa shape index (κ2) is 5.40. The standard InChI is InChI=1S/C14H13F2NS/c1-9-3-2-4-13(14(9)17)18-8-10-5-6-11(15)12(16)7-10/h2-7H,8,17H2,1H3. The van der Waals surface area contributed by atoms with Gasteiger partial charge in [0.15, 0.2) is 11.6 Å². The molecule has 0 heterocycles. The lowest BCUT2D eigenvalue weighted by molar-refractivity contribution is 0.507. The number of thioether (sulfide) groups is 1. The molecule has 0 radical (unpaired) electrons. The molecule has 0 aliphatic carbocycles. The van der Waals surface area contributed by atoms with Crippen molar-refractivity contribution < 1.29 is 8.78 Å². The Kier molecular flexibility index (Phi) is 3.87. The van der Waals surface area contributed by atoms with Crippen LogP contribution in [0.5, 0.6) is 0 Å². The number of benzene rings is 2. The van der Waals surface area contributed by atoms with Crippen LogP contribution in [0, 0.1) is 18.6 Å². The van der Waals surface area contributed by atoms with E-state index in [9.17, 15) is 8.78 Å². The molecule has 0 fully saturated rings. The third-order valence-electron chi connectivity index (χ3n) is 2.66. The fraction of sp³-hybridized carbons (Fsp3) is 0.143. The lowest BCUT2D eigenvalue weighted by atomic mass is 10.2. The van der Waals surface area contributed by atoms with E-state index in [0.29, 0.717) is 5.75 Å². The average molecular weight is 265 g/mol. The number of aryl methyl sites for hydroxylation is 1. The van der Waals surface area contributed by atoms with Gasteiger partial charge in [0.1, 0.15) is 0 Å². The van der Waals surface area contributed by atoms with Gasteiger partial charge < -0.3 is 5.73 Å². The van der Waals surface area contributed by atoms with E-state index < -0.39 is 11.6 Å². The lowest BCUT2D eigenvalue weighted by Crippen LogP contribution is -1.93. The molecule has 0 atom stereocenters. The minimum absolute atomic E-state index is 0.560. The molecule has 0 saturated heterocycles. The topological polar surface area (TPSA) is 26.0 Å². The molecule has 0 saturated carbocycles. The second-order valence-corrected chi connectivity index (χ2v) is 5.04. The maximum absolute atomic E-state index is 13.0. The first kappa shape index (κ1) is 12.9. The predicted octanol–water partition coefficient (Wildman–Crippen LogP) is 4.15. The highest BCUT2D eigenvalue weighted by Gasteiger charge is 2.05. The molecule has 0 amide bonds. The number of para-hydroxylation sites is 1. The van der Waals surface area contributed by atoms with Crippen LogP contribution in [0.4, 0.5) is 14.5 Å². The van der Waals surface area contributed by atoms with E-state index in [2.05, 4.69) is 0 Å². The van der Waals surface area contributed by atoms with Crippen LogP contribution >= 0.6 is 11.8 Å².